The summed E-state index contributed by atoms with van der Waals surface area (Å²) in [7, 11) is 0. The number of hydrogen-bond donors (Lipinski definition) is 2. The van der Waals surface area contributed by atoms with Crippen LogP contribution in [0.15, 0.2) is 61.9 Å². The average Bonchev–Trinajstić information content (AvgIpc) is 2.42. The zero-order chi connectivity index (χ0) is 13.8. The molecule has 0 spiro atoms. The molecule has 2 aromatic rings. The van der Waals surface area contributed by atoms with E-state index in [0.29, 0.717) is 0 Å². The minimum atomic E-state index is 0.126. The number of rotatable bonds is 3. The quantitative estimate of drug-likeness (QED) is 0.385. The zero-order valence-corrected chi connectivity index (χ0v) is 12.7. The Morgan fingerprint density at radius 3 is 2.58 bits per heavy atom. The molecular weight excluding hydrogens is 324 g/mol. The van der Waals surface area contributed by atoms with Crippen LogP contribution in [0, 0.1) is 6.92 Å². The Bertz CT molecular complexity index is 629. The Kier molecular flexibility index (Phi) is 4.50. The van der Waals surface area contributed by atoms with E-state index < -0.39 is 0 Å². The van der Waals surface area contributed by atoms with Gasteiger partial charge in [-0.15, -0.1) is 0 Å². The van der Waals surface area contributed by atoms with E-state index in [-0.39, 0.29) is 5.84 Å². The smallest absolute Gasteiger partial charge is 0.170 e. The van der Waals surface area contributed by atoms with Crippen LogP contribution in [0.1, 0.15) is 11.1 Å². The Morgan fingerprint density at radius 2 is 1.95 bits per heavy atom. The molecule has 0 amide bonds. The van der Waals surface area contributed by atoms with Gasteiger partial charge in [-0.1, -0.05) is 35.1 Å². The molecule has 19 heavy (non-hydrogen) atoms. The van der Waals surface area contributed by atoms with Gasteiger partial charge in [0.05, 0.1) is 0 Å². The normalized spacial score (nSPS) is 11.6. The lowest BCUT2D eigenvalue weighted by Gasteiger charge is -2.08. The van der Waals surface area contributed by atoms with Crippen LogP contribution in [-0.4, -0.2) is 11.0 Å². The van der Waals surface area contributed by atoms with Gasteiger partial charge < -0.3 is 10.9 Å². The van der Waals surface area contributed by atoms with Crippen LogP contribution in [0.5, 0.6) is 0 Å². The van der Waals surface area contributed by atoms with Crippen molar-refractivity contribution in [3.05, 3.63) is 58.1 Å². The van der Waals surface area contributed by atoms with Crippen LogP contribution in [0.4, 0.5) is 0 Å². The van der Waals surface area contributed by atoms with Gasteiger partial charge in [0.15, 0.2) is 5.84 Å². The minimum absolute atomic E-state index is 0.126. The SMILES string of the molecule is Cc1cc(/C(N)=N/O)ccc1Sc1ccccc1Br. The third kappa shape index (κ3) is 3.30. The van der Waals surface area contributed by atoms with Crippen LogP contribution in [-0.2, 0) is 0 Å². The molecule has 0 fully saturated rings. The first-order valence-electron chi connectivity index (χ1n) is 5.62. The Hall–Kier alpha value is -1.46. The number of hydrogen-bond acceptors (Lipinski definition) is 3. The van der Waals surface area contributed by atoms with E-state index in [1.165, 1.54) is 0 Å². The molecule has 0 unspecified atom stereocenters. The van der Waals surface area contributed by atoms with Crippen molar-refractivity contribution in [2.45, 2.75) is 16.7 Å². The summed E-state index contributed by atoms with van der Waals surface area (Å²) < 4.78 is 1.07. The Morgan fingerprint density at radius 1 is 1.21 bits per heavy atom. The number of aryl methyl sites for hydroxylation is 1. The molecular formula is C14H13BrN2OS. The van der Waals surface area contributed by atoms with E-state index in [2.05, 4.69) is 27.2 Å². The second-order valence-corrected chi connectivity index (χ2v) is 5.94. The van der Waals surface area contributed by atoms with Gasteiger partial charge >= 0.3 is 0 Å². The summed E-state index contributed by atoms with van der Waals surface area (Å²) in [6.45, 7) is 2.01. The largest absolute Gasteiger partial charge is 0.409 e. The van der Waals surface area contributed by atoms with E-state index >= 15 is 0 Å². The summed E-state index contributed by atoms with van der Waals surface area (Å²) in [5.41, 5.74) is 7.38. The van der Waals surface area contributed by atoms with Gasteiger partial charge in [0, 0.05) is 19.8 Å². The molecule has 5 heteroatoms. The van der Waals surface area contributed by atoms with Crippen molar-refractivity contribution in [3.63, 3.8) is 0 Å². The number of halogens is 1. The molecule has 3 nitrogen and oxygen atoms in total. The second-order valence-electron chi connectivity index (χ2n) is 4.00. The van der Waals surface area contributed by atoms with E-state index in [4.69, 9.17) is 10.9 Å². The molecule has 0 saturated heterocycles. The summed E-state index contributed by atoms with van der Waals surface area (Å²) >= 11 is 5.21. The molecule has 0 aliphatic heterocycles. The fraction of sp³-hybridized carbons (Fsp3) is 0.0714. The lowest BCUT2D eigenvalue weighted by atomic mass is 10.1. The average molecular weight is 337 g/mol. The topological polar surface area (TPSA) is 58.6 Å². The number of oxime groups is 1. The molecule has 0 aliphatic carbocycles. The maximum absolute atomic E-state index is 8.67. The number of amidine groups is 1. The van der Waals surface area contributed by atoms with Crippen LogP contribution in [0.3, 0.4) is 0 Å². The first kappa shape index (κ1) is 14.0. The lowest BCUT2D eigenvalue weighted by molar-refractivity contribution is 0.318. The summed E-state index contributed by atoms with van der Waals surface area (Å²) in [4.78, 5) is 2.29. The van der Waals surface area contributed by atoms with Gasteiger partial charge in [-0.05, 0) is 52.7 Å². The van der Waals surface area contributed by atoms with Crippen molar-refractivity contribution in [1.82, 2.24) is 0 Å². The summed E-state index contributed by atoms with van der Waals surface area (Å²) in [6, 6.07) is 13.8. The molecule has 2 aromatic carbocycles. The van der Waals surface area contributed by atoms with Crippen molar-refractivity contribution < 1.29 is 5.21 Å². The fourth-order valence-electron chi connectivity index (χ4n) is 1.63. The highest BCUT2D eigenvalue weighted by Crippen LogP contribution is 2.35. The molecule has 2 rings (SSSR count). The molecule has 0 aliphatic rings. The third-order valence-corrected chi connectivity index (χ3v) is 4.84. The summed E-state index contributed by atoms with van der Waals surface area (Å²) in [5.74, 6) is 0.126. The predicted octanol–water partition coefficient (Wildman–Crippen LogP) is 4.00. The van der Waals surface area contributed by atoms with Crippen LogP contribution in [0.25, 0.3) is 0 Å². The zero-order valence-electron chi connectivity index (χ0n) is 10.3. The van der Waals surface area contributed by atoms with Gasteiger partial charge in [0.25, 0.3) is 0 Å². The molecule has 0 aromatic heterocycles. The van der Waals surface area contributed by atoms with Gasteiger partial charge in [-0.25, -0.2) is 0 Å². The van der Waals surface area contributed by atoms with Crippen molar-refractivity contribution >= 4 is 33.5 Å². The number of nitrogens with two attached hydrogens (primary N) is 1. The van der Waals surface area contributed by atoms with Gasteiger partial charge in [0.1, 0.15) is 0 Å². The van der Waals surface area contributed by atoms with Gasteiger partial charge in [-0.3, -0.25) is 0 Å². The highest BCUT2D eigenvalue weighted by molar-refractivity contribution is 9.10. The van der Waals surface area contributed by atoms with Gasteiger partial charge in [0.2, 0.25) is 0 Å². The van der Waals surface area contributed by atoms with Crippen LogP contribution < -0.4 is 5.73 Å². The molecule has 0 heterocycles. The van der Waals surface area contributed by atoms with E-state index in [1.807, 2.05) is 43.3 Å². The third-order valence-electron chi connectivity index (χ3n) is 2.64. The first-order chi connectivity index (χ1) is 9.11. The standard InChI is InChI=1S/C14H13BrN2OS/c1-9-8-10(14(16)17-18)6-7-12(9)19-13-5-3-2-4-11(13)15/h2-8,18H,1H3,(H2,16,17). The molecule has 98 valence electrons. The highest BCUT2D eigenvalue weighted by atomic mass is 79.9. The highest BCUT2D eigenvalue weighted by Gasteiger charge is 2.07. The molecule has 0 radical (unpaired) electrons. The van der Waals surface area contributed by atoms with Crippen LogP contribution >= 0.6 is 27.7 Å². The van der Waals surface area contributed by atoms with Crippen molar-refractivity contribution in [2.75, 3.05) is 0 Å². The number of nitrogens with zero attached hydrogens (tertiary/aromatic N) is 1. The van der Waals surface area contributed by atoms with E-state index in [0.717, 1.165) is 25.4 Å². The minimum Gasteiger partial charge on any atom is -0.409 e. The molecule has 0 atom stereocenters. The lowest BCUT2D eigenvalue weighted by Crippen LogP contribution is -2.13. The maximum atomic E-state index is 8.67. The molecule has 0 saturated carbocycles. The van der Waals surface area contributed by atoms with Crippen molar-refractivity contribution in [2.24, 2.45) is 10.9 Å². The Balaban J connectivity index is 2.30. The Labute approximate surface area is 124 Å². The number of benzene rings is 2. The van der Waals surface area contributed by atoms with Crippen molar-refractivity contribution in [1.29, 1.82) is 0 Å². The predicted molar refractivity (Wildman–Crippen MR) is 82.0 cm³/mol. The molecule has 3 N–H and O–H groups in total. The second kappa shape index (κ2) is 6.12. The van der Waals surface area contributed by atoms with E-state index in [9.17, 15) is 0 Å². The maximum Gasteiger partial charge on any atom is 0.170 e. The van der Waals surface area contributed by atoms with Crippen molar-refractivity contribution in [3.8, 4) is 0 Å². The molecule has 0 bridgehead atoms. The monoisotopic (exact) mass is 336 g/mol. The van der Waals surface area contributed by atoms with Gasteiger partial charge in [-0.2, -0.15) is 0 Å². The van der Waals surface area contributed by atoms with Crippen LogP contribution in [0.2, 0.25) is 0 Å². The summed E-state index contributed by atoms with van der Waals surface area (Å²) in [6.07, 6.45) is 0. The summed E-state index contributed by atoms with van der Waals surface area (Å²) in [5, 5.41) is 11.7. The first-order valence-corrected chi connectivity index (χ1v) is 7.23. The fourth-order valence-corrected chi connectivity index (χ4v) is 3.06. The van der Waals surface area contributed by atoms with E-state index in [1.54, 1.807) is 11.8 Å².